The molecule has 0 saturated heterocycles. The van der Waals surface area contributed by atoms with Crippen molar-refractivity contribution in [2.75, 3.05) is 26.4 Å². The zero-order chi connectivity index (χ0) is 23.1. The van der Waals surface area contributed by atoms with Crippen LogP contribution in [0.2, 0.25) is 0 Å². The summed E-state index contributed by atoms with van der Waals surface area (Å²) in [6.45, 7) is 6.88. The summed E-state index contributed by atoms with van der Waals surface area (Å²) in [7, 11) is 0. The molecule has 0 rings (SSSR count). The Morgan fingerprint density at radius 1 is 0.781 bits per heavy atom. The van der Waals surface area contributed by atoms with Gasteiger partial charge in [0.25, 0.3) is 0 Å². The standard InChI is InChI=1S/C20H30O10.2CH4/c1-13(2)19(25)29-11-15(21)9-27-17(23)7-5-6-8-18(24)28-10-16(22)12-30-20(26)14(3)4;;/h5-6,14-16,21-22H,1,7-12H2,2-4H3;2*1H4. The lowest BCUT2D eigenvalue weighted by Gasteiger charge is -2.12. The maximum atomic E-state index is 11.5. The maximum absolute atomic E-state index is 11.5. The second-order valence-electron chi connectivity index (χ2n) is 6.72. The average molecular weight is 463 g/mol. The van der Waals surface area contributed by atoms with Gasteiger partial charge in [-0.25, -0.2) is 4.79 Å². The topological polar surface area (TPSA) is 146 Å². The van der Waals surface area contributed by atoms with E-state index in [9.17, 15) is 29.4 Å². The van der Waals surface area contributed by atoms with Gasteiger partial charge in [0.05, 0.1) is 18.8 Å². The first-order valence-corrected chi connectivity index (χ1v) is 9.34. The zero-order valence-electron chi connectivity index (χ0n) is 17.5. The van der Waals surface area contributed by atoms with Crippen LogP contribution in [0.3, 0.4) is 0 Å². The minimum atomic E-state index is -1.16. The largest absolute Gasteiger partial charge is 0.463 e. The van der Waals surface area contributed by atoms with Gasteiger partial charge in [-0.3, -0.25) is 14.4 Å². The number of carbonyl (C=O) groups is 4. The Bertz CT molecular complexity index is 624. The minimum Gasteiger partial charge on any atom is -0.463 e. The van der Waals surface area contributed by atoms with Crippen LogP contribution in [0.5, 0.6) is 0 Å². The molecule has 0 aliphatic heterocycles. The van der Waals surface area contributed by atoms with Gasteiger partial charge in [0.15, 0.2) is 0 Å². The van der Waals surface area contributed by atoms with Gasteiger partial charge in [-0.2, -0.15) is 0 Å². The summed E-state index contributed by atoms with van der Waals surface area (Å²) >= 11 is 0. The number of hydrogen-bond donors (Lipinski definition) is 2. The molecule has 0 aliphatic rings. The number of aliphatic hydroxyl groups excluding tert-OH is 2. The second-order valence-corrected chi connectivity index (χ2v) is 6.72. The van der Waals surface area contributed by atoms with Gasteiger partial charge in [-0.05, 0) is 6.92 Å². The normalized spacial score (nSPS) is 12.1. The number of ether oxygens (including phenoxy) is 4. The number of carbonyl (C=O) groups excluding carboxylic acids is 4. The fourth-order valence-electron chi connectivity index (χ4n) is 1.59. The smallest absolute Gasteiger partial charge is 0.333 e. The second kappa shape index (κ2) is 19.0. The fraction of sp³-hybridized carbons (Fsp3) is 0.636. The van der Waals surface area contributed by atoms with E-state index < -0.39 is 36.1 Å². The highest BCUT2D eigenvalue weighted by molar-refractivity contribution is 5.86. The Morgan fingerprint density at radius 3 is 1.53 bits per heavy atom. The Labute approximate surface area is 190 Å². The van der Waals surface area contributed by atoms with Crippen LogP contribution in [0.4, 0.5) is 0 Å². The van der Waals surface area contributed by atoms with E-state index in [1.165, 1.54) is 19.1 Å². The Morgan fingerprint density at radius 2 is 1.16 bits per heavy atom. The van der Waals surface area contributed by atoms with Crippen molar-refractivity contribution < 1.29 is 48.3 Å². The molecule has 32 heavy (non-hydrogen) atoms. The first kappa shape index (κ1) is 33.9. The van der Waals surface area contributed by atoms with Gasteiger partial charge in [0.2, 0.25) is 0 Å². The first-order chi connectivity index (χ1) is 14.0. The molecule has 0 aromatic carbocycles. The highest BCUT2D eigenvalue weighted by Crippen LogP contribution is 2.00. The molecule has 0 heterocycles. The molecule has 10 heteroatoms. The van der Waals surface area contributed by atoms with Crippen molar-refractivity contribution in [2.24, 2.45) is 5.92 Å². The first-order valence-electron chi connectivity index (χ1n) is 9.34. The van der Waals surface area contributed by atoms with Crippen LogP contribution in [0.25, 0.3) is 0 Å². The molecule has 0 aliphatic carbocycles. The summed E-state index contributed by atoms with van der Waals surface area (Å²) in [6.07, 6.45) is 0.210. The lowest BCUT2D eigenvalue weighted by Crippen LogP contribution is -2.26. The van der Waals surface area contributed by atoms with Crippen LogP contribution in [0.15, 0.2) is 24.3 Å². The van der Waals surface area contributed by atoms with E-state index >= 15 is 0 Å². The van der Waals surface area contributed by atoms with Gasteiger partial charge < -0.3 is 29.2 Å². The van der Waals surface area contributed by atoms with E-state index in [4.69, 9.17) is 18.9 Å². The van der Waals surface area contributed by atoms with Crippen LogP contribution >= 0.6 is 0 Å². The molecule has 2 unspecified atom stereocenters. The van der Waals surface area contributed by atoms with Crippen molar-refractivity contribution in [2.45, 2.75) is 60.7 Å². The van der Waals surface area contributed by atoms with E-state index in [1.807, 2.05) is 0 Å². The van der Waals surface area contributed by atoms with E-state index in [1.54, 1.807) is 13.8 Å². The molecule has 2 N–H and O–H groups in total. The van der Waals surface area contributed by atoms with Crippen molar-refractivity contribution in [1.29, 1.82) is 0 Å². The van der Waals surface area contributed by atoms with E-state index in [0.29, 0.717) is 0 Å². The van der Waals surface area contributed by atoms with Crippen LogP contribution < -0.4 is 0 Å². The third kappa shape index (κ3) is 18.1. The molecule has 0 amide bonds. The van der Waals surface area contributed by atoms with Gasteiger partial charge in [-0.15, -0.1) is 0 Å². The SMILES string of the molecule is C.C.C=C(C)C(=O)OCC(O)COC(=O)CC=CCC(=O)OCC(O)COC(=O)C(C)C. The van der Waals surface area contributed by atoms with E-state index in [0.717, 1.165) is 0 Å². The summed E-state index contributed by atoms with van der Waals surface area (Å²) in [4.78, 5) is 45.5. The Hall–Kier alpha value is -2.72. The molecule has 2 atom stereocenters. The molecule has 0 aromatic rings. The summed E-state index contributed by atoms with van der Waals surface area (Å²) < 4.78 is 19.1. The van der Waals surface area contributed by atoms with Crippen LogP contribution in [0.1, 0.15) is 48.5 Å². The fourth-order valence-corrected chi connectivity index (χ4v) is 1.59. The Balaban J connectivity index is -0.00000420. The molecular weight excluding hydrogens is 424 g/mol. The van der Waals surface area contributed by atoms with Crippen LogP contribution in [-0.2, 0) is 38.1 Å². The molecule has 186 valence electrons. The van der Waals surface area contributed by atoms with Gasteiger partial charge in [0, 0.05) is 5.57 Å². The molecule has 0 fully saturated rings. The highest BCUT2D eigenvalue weighted by Gasteiger charge is 2.14. The van der Waals surface area contributed by atoms with E-state index in [-0.39, 0.29) is 65.6 Å². The van der Waals surface area contributed by atoms with Crippen molar-refractivity contribution in [3.63, 3.8) is 0 Å². The summed E-state index contributed by atoms with van der Waals surface area (Å²) in [6, 6.07) is 0. The average Bonchev–Trinajstić information content (AvgIpc) is 2.69. The molecular formula is C22H38O10. The lowest BCUT2D eigenvalue weighted by molar-refractivity contribution is -0.154. The molecule has 0 bridgehead atoms. The Kier molecular flexibility index (Phi) is 20.1. The molecule has 0 aromatic heterocycles. The number of esters is 4. The quantitative estimate of drug-likeness (QED) is 0.169. The highest BCUT2D eigenvalue weighted by atomic mass is 16.6. The predicted molar refractivity (Wildman–Crippen MR) is 117 cm³/mol. The van der Waals surface area contributed by atoms with Crippen molar-refractivity contribution in [3.8, 4) is 0 Å². The van der Waals surface area contributed by atoms with Gasteiger partial charge in [-0.1, -0.05) is 47.4 Å². The summed E-state index contributed by atoms with van der Waals surface area (Å²) in [5.74, 6) is -2.72. The summed E-state index contributed by atoms with van der Waals surface area (Å²) in [5.41, 5.74) is 0.187. The van der Waals surface area contributed by atoms with Crippen molar-refractivity contribution in [3.05, 3.63) is 24.3 Å². The molecule has 0 saturated carbocycles. The zero-order valence-corrected chi connectivity index (χ0v) is 17.5. The van der Waals surface area contributed by atoms with Gasteiger partial charge in [0.1, 0.15) is 38.6 Å². The van der Waals surface area contributed by atoms with Gasteiger partial charge >= 0.3 is 23.9 Å². The van der Waals surface area contributed by atoms with Crippen LogP contribution in [0, 0.1) is 5.92 Å². The lowest BCUT2D eigenvalue weighted by atomic mass is 10.2. The molecule has 0 radical (unpaired) electrons. The van der Waals surface area contributed by atoms with Crippen molar-refractivity contribution >= 4 is 23.9 Å². The number of hydrogen-bond acceptors (Lipinski definition) is 10. The third-order valence-electron chi connectivity index (χ3n) is 3.25. The van der Waals surface area contributed by atoms with Crippen LogP contribution in [-0.4, -0.2) is 72.7 Å². The van der Waals surface area contributed by atoms with Crippen molar-refractivity contribution in [1.82, 2.24) is 0 Å². The molecule has 10 nitrogen and oxygen atoms in total. The maximum Gasteiger partial charge on any atom is 0.333 e. The number of rotatable bonds is 14. The predicted octanol–water partition coefficient (Wildman–Crippen LogP) is 1.72. The monoisotopic (exact) mass is 462 g/mol. The summed E-state index contributed by atoms with van der Waals surface area (Å²) in [5, 5.41) is 19.1. The van der Waals surface area contributed by atoms with E-state index in [2.05, 4.69) is 6.58 Å². The minimum absolute atomic E-state index is 0. The third-order valence-corrected chi connectivity index (χ3v) is 3.25. The molecule has 0 spiro atoms. The number of aliphatic hydroxyl groups is 2.